The van der Waals surface area contributed by atoms with Crippen LogP contribution in [0.25, 0.3) is 21.9 Å². The molecule has 0 saturated carbocycles. The van der Waals surface area contributed by atoms with Crippen LogP contribution >= 0.6 is 0 Å². The summed E-state index contributed by atoms with van der Waals surface area (Å²) in [5, 5.41) is 0.790. The van der Waals surface area contributed by atoms with Gasteiger partial charge in [-0.3, -0.25) is 9.36 Å². The number of benzene rings is 3. The van der Waals surface area contributed by atoms with Crippen molar-refractivity contribution in [3.05, 3.63) is 112 Å². The van der Waals surface area contributed by atoms with Crippen molar-refractivity contribution in [1.82, 2.24) is 14.1 Å². The van der Waals surface area contributed by atoms with Gasteiger partial charge in [-0.2, -0.15) is 13.2 Å². The number of hydrogen-bond acceptors (Lipinski definition) is 2. The summed E-state index contributed by atoms with van der Waals surface area (Å²) in [5.74, 6) is 0. The third-order valence-corrected chi connectivity index (χ3v) is 5.52. The van der Waals surface area contributed by atoms with E-state index in [1.807, 2.05) is 54.6 Å². The minimum Gasteiger partial charge on any atom is -0.330 e. The molecule has 2 heterocycles. The van der Waals surface area contributed by atoms with Gasteiger partial charge in [-0.25, -0.2) is 4.98 Å². The van der Waals surface area contributed by atoms with Crippen LogP contribution in [0.1, 0.15) is 16.7 Å². The number of rotatable bonds is 4. The molecule has 0 saturated heterocycles. The van der Waals surface area contributed by atoms with Gasteiger partial charge in [0, 0.05) is 11.9 Å². The monoisotopic (exact) mass is 433 g/mol. The highest BCUT2D eigenvalue weighted by Gasteiger charge is 2.30. The lowest BCUT2D eigenvalue weighted by atomic mass is 10.1. The first kappa shape index (κ1) is 20.1. The van der Waals surface area contributed by atoms with Crippen LogP contribution in [0.15, 0.2) is 90.0 Å². The molecule has 0 aliphatic heterocycles. The highest BCUT2D eigenvalue weighted by atomic mass is 19.4. The van der Waals surface area contributed by atoms with Crippen LogP contribution in [0, 0.1) is 0 Å². The molecule has 0 fully saturated rings. The average molecular weight is 433 g/mol. The Bertz CT molecular complexity index is 1480. The molecule has 0 N–H and O–H groups in total. The van der Waals surface area contributed by atoms with Crippen molar-refractivity contribution in [2.75, 3.05) is 0 Å². The van der Waals surface area contributed by atoms with Crippen LogP contribution < -0.4 is 5.56 Å². The number of alkyl halides is 3. The van der Waals surface area contributed by atoms with E-state index in [-0.39, 0.29) is 12.1 Å². The summed E-state index contributed by atoms with van der Waals surface area (Å²) >= 11 is 0. The largest absolute Gasteiger partial charge is 0.416 e. The van der Waals surface area contributed by atoms with Gasteiger partial charge in [0.25, 0.3) is 5.56 Å². The number of halogens is 3. The normalized spacial score (nSPS) is 12.0. The van der Waals surface area contributed by atoms with Crippen molar-refractivity contribution in [1.29, 1.82) is 0 Å². The Labute approximate surface area is 181 Å². The molecule has 0 aliphatic rings. The summed E-state index contributed by atoms with van der Waals surface area (Å²) in [6, 6.07) is 22.2. The molecule has 2 aromatic heterocycles. The van der Waals surface area contributed by atoms with Crippen molar-refractivity contribution in [3.8, 4) is 0 Å². The van der Waals surface area contributed by atoms with Crippen LogP contribution in [0.4, 0.5) is 13.2 Å². The Morgan fingerprint density at radius 1 is 0.812 bits per heavy atom. The van der Waals surface area contributed by atoms with E-state index in [1.165, 1.54) is 17.0 Å². The number of para-hydroxylation sites is 1. The summed E-state index contributed by atoms with van der Waals surface area (Å²) in [5.41, 5.74) is 2.14. The zero-order valence-corrected chi connectivity index (χ0v) is 16.9. The Morgan fingerprint density at radius 2 is 1.53 bits per heavy atom. The summed E-state index contributed by atoms with van der Waals surface area (Å²) in [7, 11) is 0. The summed E-state index contributed by atoms with van der Waals surface area (Å²) < 4.78 is 42.9. The van der Waals surface area contributed by atoms with Crippen molar-refractivity contribution < 1.29 is 13.2 Å². The molecule has 160 valence electrons. The Kier molecular flexibility index (Phi) is 4.81. The number of hydrogen-bond donors (Lipinski definition) is 0. The van der Waals surface area contributed by atoms with Crippen molar-refractivity contribution in [2.24, 2.45) is 0 Å². The van der Waals surface area contributed by atoms with Gasteiger partial charge in [-0.15, -0.1) is 0 Å². The van der Waals surface area contributed by atoms with Crippen molar-refractivity contribution in [3.63, 3.8) is 0 Å². The topological polar surface area (TPSA) is 39.8 Å². The molecule has 7 heteroatoms. The molecule has 5 aromatic rings. The molecule has 0 radical (unpaired) electrons. The Hall–Kier alpha value is -3.87. The highest BCUT2D eigenvalue weighted by molar-refractivity contribution is 6.05. The molecule has 0 aliphatic carbocycles. The van der Waals surface area contributed by atoms with E-state index in [0.717, 1.165) is 28.6 Å². The SMILES string of the molecule is O=c1c2c(ncn1Cc1ccccc1)c1ccccc1n2Cc1cccc(C(F)(F)F)c1. The first-order valence-corrected chi connectivity index (χ1v) is 10.1. The third kappa shape index (κ3) is 3.56. The summed E-state index contributed by atoms with van der Waals surface area (Å²) in [4.78, 5) is 18.0. The maximum absolute atomic E-state index is 13.5. The number of nitrogens with zero attached hydrogens (tertiary/aromatic N) is 3. The van der Waals surface area contributed by atoms with Gasteiger partial charge < -0.3 is 4.57 Å². The molecular formula is C25H18F3N3O. The number of aromatic nitrogens is 3. The van der Waals surface area contributed by atoms with Crippen LogP contribution in [0.5, 0.6) is 0 Å². The molecule has 0 bridgehead atoms. The lowest BCUT2D eigenvalue weighted by Crippen LogP contribution is -2.23. The fourth-order valence-electron chi connectivity index (χ4n) is 4.03. The Balaban J connectivity index is 1.68. The quantitative estimate of drug-likeness (QED) is 0.377. The lowest BCUT2D eigenvalue weighted by molar-refractivity contribution is -0.137. The van der Waals surface area contributed by atoms with Crippen molar-refractivity contribution in [2.45, 2.75) is 19.3 Å². The van der Waals surface area contributed by atoms with E-state index < -0.39 is 11.7 Å². The average Bonchev–Trinajstić information content (AvgIpc) is 3.10. The predicted molar refractivity (Wildman–Crippen MR) is 118 cm³/mol. The predicted octanol–water partition coefficient (Wildman–Crippen LogP) is 5.47. The summed E-state index contributed by atoms with van der Waals surface area (Å²) in [6.45, 7) is 0.480. The molecule has 0 spiro atoms. The van der Waals surface area contributed by atoms with Crippen LogP contribution in [-0.4, -0.2) is 14.1 Å². The second-order valence-corrected chi connectivity index (χ2v) is 7.66. The van der Waals surface area contributed by atoms with Gasteiger partial charge in [-0.1, -0.05) is 60.7 Å². The number of fused-ring (bicyclic) bond motifs is 3. The molecule has 0 unspecified atom stereocenters. The molecule has 0 amide bonds. The molecule has 5 rings (SSSR count). The lowest BCUT2D eigenvalue weighted by Gasteiger charge is -2.12. The standard InChI is InChI=1S/C25H18F3N3O/c26-25(27,28)19-10-6-9-18(13-19)15-31-21-12-5-4-11-20(21)22-23(31)24(32)30(16-29-22)14-17-7-2-1-3-8-17/h1-13,16H,14-15H2. The molecule has 0 atom stereocenters. The Morgan fingerprint density at radius 3 is 2.31 bits per heavy atom. The van der Waals surface area contributed by atoms with Crippen LogP contribution in [-0.2, 0) is 19.3 Å². The van der Waals surface area contributed by atoms with E-state index in [9.17, 15) is 18.0 Å². The van der Waals surface area contributed by atoms with E-state index in [0.29, 0.717) is 23.1 Å². The van der Waals surface area contributed by atoms with Crippen LogP contribution in [0.2, 0.25) is 0 Å². The van der Waals surface area contributed by atoms with E-state index in [2.05, 4.69) is 4.98 Å². The summed E-state index contributed by atoms with van der Waals surface area (Å²) in [6.07, 6.45) is -2.90. The molecule has 3 aromatic carbocycles. The molecule has 4 nitrogen and oxygen atoms in total. The van der Waals surface area contributed by atoms with Gasteiger partial charge in [-0.05, 0) is 29.3 Å². The van der Waals surface area contributed by atoms with E-state index >= 15 is 0 Å². The highest BCUT2D eigenvalue weighted by Crippen LogP contribution is 2.31. The smallest absolute Gasteiger partial charge is 0.330 e. The van der Waals surface area contributed by atoms with Gasteiger partial charge in [0.2, 0.25) is 0 Å². The zero-order valence-electron chi connectivity index (χ0n) is 16.9. The molecular weight excluding hydrogens is 415 g/mol. The van der Waals surface area contributed by atoms with E-state index in [1.54, 1.807) is 10.6 Å². The first-order valence-electron chi connectivity index (χ1n) is 10.1. The fourth-order valence-corrected chi connectivity index (χ4v) is 4.03. The van der Waals surface area contributed by atoms with Gasteiger partial charge in [0.1, 0.15) is 11.0 Å². The fraction of sp³-hybridized carbons (Fsp3) is 0.120. The second kappa shape index (κ2) is 7.67. The van der Waals surface area contributed by atoms with Gasteiger partial charge in [0.15, 0.2) is 0 Å². The van der Waals surface area contributed by atoms with E-state index in [4.69, 9.17) is 0 Å². The maximum Gasteiger partial charge on any atom is 0.416 e. The van der Waals surface area contributed by atoms with Crippen LogP contribution in [0.3, 0.4) is 0 Å². The van der Waals surface area contributed by atoms with Crippen molar-refractivity contribution >= 4 is 21.9 Å². The third-order valence-electron chi connectivity index (χ3n) is 5.52. The zero-order chi connectivity index (χ0) is 22.3. The van der Waals surface area contributed by atoms with Gasteiger partial charge in [0.05, 0.1) is 24.0 Å². The second-order valence-electron chi connectivity index (χ2n) is 7.66. The maximum atomic E-state index is 13.5. The molecule has 32 heavy (non-hydrogen) atoms. The first-order chi connectivity index (χ1) is 15.4. The minimum atomic E-state index is -4.43. The van der Waals surface area contributed by atoms with Gasteiger partial charge >= 0.3 is 6.18 Å². The minimum absolute atomic E-state index is 0.125.